The van der Waals surface area contributed by atoms with Crippen LogP contribution < -0.4 is 14.8 Å². The largest absolute Gasteiger partial charge is 0.497 e. The van der Waals surface area contributed by atoms with Gasteiger partial charge in [0.1, 0.15) is 11.5 Å². The van der Waals surface area contributed by atoms with Crippen LogP contribution in [0.25, 0.3) is 0 Å². The molecule has 1 amide bonds. The topological polar surface area (TPSA) is 90.9 Å². The highest BCUT2D eigenvalue weighted by atomic mass is 35.5. The van der Waals surface area contributed by atoms with Crippen molar-refractivity contribution in [1.29, 1.82) is 0 Å². The van der Waals surface area contributed by atoms with E-state index in [1.54, 1.807) is 30.3 Å². The minimum atomic E-state index is -1.40. The van der Waals surface area contributed by atoms with Crippen molar-refractivity contribution in [3.63, 3.8) is 0 Å². The number of carbonyl (C=O) groups is 3. The van der Waals surface area contributed by atoms with Gasteiger partial charge in [-0.05, 0) is 55.8 Å². The first-order chi connectivity index (χ1) is 20.3. The molecule has 1 N–H and O–H groups in total. The van der Waals surface area contributed by atoms with Crippen molar-refractivity contribution in [2.24, 2.45) is 0 Å². The van der Waals surface area contributed by atoms with E-state index in [4.69, 9.17) is 25.8 Å². The number of ketones is 1. The van der Waals surface area contributed by atoms with Gasteiger partial charge < -0.3 is 19.5 Å². The minimum absolute atomic E-state index is 0.192. The van der Waals surface area contributed by atoms with Gasteiger partial charge in [0.15, 0.2) is 5.78 Å². The molecule has 0 bridgehead atoms. The Labute approximate surface area is 256 Å². The first-order valence-electron chi connectivity index (χ1n) is 15.4. The molecule has 0 saturated carbocycles. The highest BCUT2D eigenvalue weighted by Gasteiger charge is 2.26. The van der Waals surface area contributed by atoms with Crippen LogP contribution in [0.4, 0.5) is 5.69 Å². The molecule has 0 aliphatic heterocycles. The first kappa shape index (κ1) is 35.1. The quantitative estimate of drug-likeness (QED) is 0.0822. The summed E-state index contributed by atoms with van der Waals surface area (Å²) in [7, 11) is 1.54. The van der Waals surface area contributed by atoms with Gasteiger partial charge in [0, 0.05) is 0 Å². The van der Waals surface area contributed by atoms with Crippen LogP contribution in [0, 0.1) is 0 Å². The molecule has 8 heteroatoms. The Kier molecular flexibility index (Phi) is 17.4. The molecule has 0 fully saturated rings. The molecule has 42 heavy (non-hydrogen) atoms. The zero-order valence-electron chi connectivity index (χ0n) is 25.6. The maximum absolute atomic E-state index is 12.9. The van der Waals surface area contributed by atoms with Gasteiger partial charge in [0.25, 0.3) is 5.91 Å². The van der Waals surface area contributed by atoms with E-state index >= 15 is 0 Å². The number of benzene rings is 2. The molecule has 0 aromatic heterocycles. The molecule has 0 spiro atoms. The second-order valence-electron chi connectivity index (χ2n) is 10.7. The Hall–Kier alpha value is -3.06. The lowest BCUT2D eigenvalue weighted by molar-refractivity contribution is -0.133. The SMILES string of the molecule is CCCCCCCCCCCCCCCCOC(=O)c1ccc(Cl)c(NC(=O)C(Oc2ccc(OC)cc2)C(C)=O)c1. The number of nitrogens with one attached hydrogen (secondary N) is 1. The lowest BCUT2D eigenvalue weighted by atomic mass is 10.0. The molecule has 1 unspecified atom stereocenters. The lowest BCUT2D eigenvalue weighted by Crippen LogP contribution is -2.38. The fourth-order valence-corrected chi connectivity index (χ4v) is 4.77. The van der Waals surface area contributed by atoms with Crippen LogP contribution in [-0.2, 0) is 14.3 Å². The number of carbonyl (C=O) groups excluding carboxylic acids is 3. The molecule has 2 aromatic carbocycles. The van der Waals surface area contributed by atoms with E-state index in [9.17, 15) is 14.4 Å². The van der Waals surface area contributed by atoms with Crippen molar-refractivity contribution >= 4 is 34.9 Å². The summed E-state index contributed by atoms with van der Waals surface area (Å²) in [6, 6.07) is 11.0. The summed E-state index contributed by atoms with van der Waals surface area (Å²) < 4.78 is 16.2. The number of Topliss-reactive ketones (excluding diaryl/α,β-unsaturated/α-hetero) is 1. The number of hydrogen-bond donors (Lipinski definition) is 1. The Morgan fingerprint density at radius 1 is 0.762 bits per heavy atom. The molecule has 1 atom stereocenters. The van der Waals surface area contributed by atoms with Gasteiger partial charge in [-0.3, -0.25) is 9.59 Å². The van der Waals surface area contributed by atoms with Crippen LogP contribution in [0.1, 0.15) is 114 Å². The average Bonchev–Trinajstić information content (AvgIpc) is 2.98. The van der Waals surface area contributed by atoms with Gasteiger partial charge in [-0.1, -0.05) is 102 Å². The van der Waals surface area contributed by atoms with Crippen LogP contribution >= 0.6 is 11.6 Å². The molecule has 0 saturated heterocycles. The summed E-state index contributed by atoms with van der Waals surface area (Å²) >= 11 is 6.26. The van der Waals surface area contributed by atoms with Gasteiger partial charge in [0.2, 0.25) is 6.10 Å². The summed E-state index contributed by atoms with van der Waals surface area (Å²) in [6.07, 6.45) is 16.2. The number of rotatable bonds is 22. The van der Waals surface area contributed by atoms with Crippen molar-refractivity contribution in [3.05, 3.63) is 53.1 Å². The Balaban J connectivity index is 1.69. The fraction of sp³-hybridized carbons (Fsp3) is 0.559. The second-order valence-corrected chi connectivity index (χ2v) is 11.1. The number of ether oxygens (including phenoxy) is 3. The van der Waals surface area contributed by atoms with E-state index in [0.717, 1.165) is 19.3 Å². The molecule has 2 rings (SSSR count). The molecule has 232 valence electrons. The van der Waals surface area contributed by atoms with Crippen molar-refractivity contribution < 1.29 is 28.6 Å². The molecular formula is C34H48ClNO6. The standard InChI is InChI=1S/C34H48ClNO6/c1-4-5-6-7-8-9-10-11-12-13-14-15-16-17-24-41-34(39)27-18-23-30(35)31(25-27)36-33(38)32(26(2)37)42-29-21-19-28(40-3)20-22-29/h18-23,25,32H,4-17,24H2,1-3H3,(H,36,38). The summed E-state index contributed by atoms with van der Waals surface area (Å²) in [6.45, 7) is 3.86. The lowest BCUT2D eigenvalue weighted by Gasteiger charge is -2.17. The zero-order valence-corrected chi connectivity index (χ0v) is 26.3. The third-order valence-corrected chi connectivity index (χ3v) is 7.44. The number of hydrogen-bond acceptors (Lipinski definition) is 6. The van der Waals surface area contributed by atoms with E-state index in [-0.39, 0.29) is 16.3 Å². The van der Waals surface area contributed by atoms with Crippen molar-refractivity contribution in [3.8, 4) is 11.5 Å². The summed E-state index contributed by atoms with van der Waals surface area (Å²) in [4.78, 5) is 37.6. The Bertz CT molecular complexity index is 1090. The second kappa shape index (κ2) is 20.8. The molecule has 0 aliphatic carbocycles. The highest BCUT2D eigenvalue weighted by Crippen LogP contribution is 2.25. The minimum Gasteiger partial charge on any atom is -0.497 e. The first-order valence-corrected chi connectivity index (χ1v) is 15.8. The van der Waals surface area contributed by atoms with Gasteiger partial charge in [-0.2, -0.15) is 0 Å². The number of esters is 1. The highest BCUT2D eigenvalue weighted by molar-refractivity contribution is 6.34. The van der Waals surface area contributed by atoms with Crippen molar-refractivity contribution in [1.82, 2.24) is 0 Å². The number of halogens is 1. The number of anilines is 1. The van der Waals surface area contributed by atoms with E-state index in [1.165, 1.54) is 96.8 Å². The third kappa shape index (κ3) is 13.7. The predicted molar refractivity (Wildman–Crippen MR) is 169 cm³/mol. The maximum Gasteiger partial charge on any atom is 0.338 e. The number of amides is 1. The molecule has 2 aromatic rings. The van der Waals surface area contributed by atoms with Gasteiger partial charge in [-0.15, -0.1) is 0 Å². The summed E-state index contributed by atoms with van der Waals surface area (Å²) in [5.41, 5.74) is 0.452. The molecular weight excluding hydrogens is 554 g/mol. The normalized spacial score (nSPS) is 11.5. The predicted octanol–water partition coefficient (Wildman–Crippen LogP) is 8.96. The Morgan fingerprint density at radius 2 is 1.29 bits per heavy atom. The van der Waals surface area contributed by atoms with Gasteiger partial charge in [-0.25, -0.2) is 4.79 Å². The average molecular weight is 602 g/mol. The summed E-state index contributed by atoms with van der Waals surface area (Å²) in [5.74, 6) is -0.727. The van der Waals surface area contributed by atoms with Crippen LogP contribution in [0.5, 0.6) is 11.5 Å². The molecule has 7 nitrogen and oxygen atoms in total. The van der Waals surface area contributed by atoms with E-state index in [1.807, 2.05) is 0 Å². The number of methoxy groups -OCH3 is 1. The monoisotopic (exact) mass is 601 g/mol. The molecule has 0 radical (unpaired) electrons. The van der Waals surface area contributed by atoms with Gasteiger partial charge in [0.05, 0.1) is 30.0 Å². The van der Waals surface area contributed by atoms with E-state index in [0.29, 0.717) is 18.1 Å². The van der Waals surface area contributed by atoms with Crippen molar-refractivity contribution in [2.75, 3.05) is 19.0 Å². The van der Waals surface area contributed by atoms with Crippen LogP contribution in [-0.4, -0.2) is 37.5 Å². The zero-order chi connectivity index (χ0) is 30.6. The van der Waals surface area contributed by atoms with Crippen LogP contribution in [0.15, 0.2) is 42.5 Å². The van der Waals surface area contributed by atoms with Crippen LogP contribution in [0.2, 0.25) is 5.02 Å². The molecule has 0 aliphatic rings. The van der Waals surface area contributed by atoms with Crippen molar-refractivity contribution in [2.45, 2.75) is 110 Å². The summed E-state index contributed by atoms with van der Waals surface area (Å²) in [5, 5.41) is 2.82. The fourth-order valence-electron chi connectivity index (χ4n) is 4.60. The maximum atomic E-state index is 12.9. The van der Waals surface area contributed by atoms with E-state index < -0.39 is 23.8 Å². The molecule has 0 heterocycles. The van der Waals surface area contributed by atoms with Crippen LogP contribution in [0.3, 0.4) is 0 Å². The number of unbranched alkanes of at least 4 members (excludes halogenated alkanes) is 13. The van der Waals surface area contributed by atoms with E-state index in [2.05, 4.69) is 12.2 Å². The smallest absolute Gasteiger partial charge is 0.338 e. The third-order valence-electron chi connectivity index (χ3n) is 7.11. The van der Waals surface area contributed by atoms with Gasteiger partial charge >= 0.3 is 5.97 Å². The Morgan fingerprint density at radius 3 is 1.81 bits per heavy atom.